The summed E-state index contributed by atoms with van der Waals surface area (Å²) in [5, 5.41) is 3.84. The molecule has 0 aliphatic rings. The molecule has 1 amide bonds. The highest BCUT2D eigenvalue weighted by atomic mass is 79.9. The van der Waals surface area contributed by atoms with Crippen LogP contribution in [0.25, 0.3) is 0 Å². The Bertz CT molecular complexity index is 1170. The second kappa shape index (κ2) is 10.8. The zero-order valence-corrected chi connectivity index (χ0v) is 20.3. The molecule has 10 heteroatoms. The fourth-order valence-electron chi connectivity index (χ4n) is 2.73. The molecule has 0 aliphatic carbocycles. The molecule has 0 fully saturated rings. The van der Waals surface area contributed by atoms with Crippen molar-refractivity contribution in [3.05, 3.63) is 91.9 Å². The molecule has 0 spiro atoms. The number of ether oxygens (including phenoxy) is 2. The second-order valence-electron chi connectivity index (χ2n) is 6.72. The predicted octanol–water partition coefficient (Wildman–Crippen LogP) is 6.58. The highest BCUT2D eigenvalue weighted by Gasteiger charge is 2.30. The van der Waals surface area contributed by atoms with Gasteiger partial charge in [0.1, 0.15) is 6.61 Å². The molecule has 1 N–H and O–H groups in total. The molecule has 3 rings (SSSR count). The zero-order chi connectivity index (χ0) is 24.0. The maximum Gasteiger partial charge on any atom is 0.416 e. The molecule has 0 aliphatic heterocycles. The molecule has 172 valence electrons. The van der Waals surface area contributed by atoms with E-state index in [4.69, 9.17) is 9.47 Å². The zero-order valence-electron chi connectivity index (χ0n) is 17.1. The summed E-state index contributed by atoms with van der Waals surface area (Å²) in [5.74, 6) is 0.174. The van der Waals surface area contributed by atoms with Crippen LogP contribution in [0, 0.1) is 0 Å². The minimum atomic E-state index is -4.54. The van der Waals surface area contributed by atoms with Gasteiger partial charge in [0.15, 0.2) is 11.5 Å². The Labute approximate surface area is 204 Å². The maximum absolute atomic E-state index is 12.8. The first kappa shape index (κ1) is 24.8. The number of rotatable bonds is 7. The minimum absolute atomic E-state index is 0.157. The lowest BCUT2D eigenvalue weighted by Gasteiger charge is -2.13. The SMILES string of the molecule is COc1cc(/C=N\NC(=O)c2cccc(C(F)(F)F)c2)c(Br)cc1OCc1ccc(Br)cc1. The number of halogens is 5. The average Bonchev–Trinajstić information content (AvgIpc) is 2.79. The van der Waals surface area contributed by atoms with Gasteiger partial charge in [0.2, 0.25) is 0 Å². The van der Waals surface area contributed by atoms with Crippen LogP contribution in [0.2, 0.25) is 0 Å². The van der Waals surface area contributed by atoms with Gasteiger partial charge in [-0.25, -0.2) is 5.43 Å². The Balaban J connectivity index is 1.69. The number of alkyl halides is 3. The normalized spacial score (nSPS) is 11.5. The predicted molar refractivity (Wildman–Crippen MR) is 126 cm³/mol. The van der Waals surface area contributed by atoms with Gasteiger partial charge in [-0.15, -0.1) is 0 Å². The van der Waals surface area contributed by atoms with E-state index in [2.05, 4.69) is 42.4 Å². The van der Waals surface area contributed by atoms with Crippen molar-refractivity contribution in [2.75, 3.05) is 7.11 Å². The summed E-state index contributed by atoms with van der Waals surface area (Å²) in [7, 11) is 1.49. The Morgan fingerprint density at radius 1 is 1.06 bits per heavy atom. The van der Waals surface area contributed by atoms with Crippen molar-refractivity contribution in [1.82, 2.24) is 5.43 Å². The second-order valence-corrected chi connectivity index (χ2v) is 8.49. The third-order valence-electron chi connectivity index (χ3n) is 4.41. The summed E-state index contributed by atoms with van der Waals surface area (Å²) in [5.41, 5.74) is 2.69. The minimum Gasteiger partial charge on any atom is -0.493 e. The van der Waals surface area contributed by atoms with Crippen LogP contribution >= 0.6 is 31.9 Å². The van der Waals surface area contributed by atoms with E-state index in [1.54, 1.807) is 12.1 Å². The Hall–Kier alpha value is -2.85. The summed E-state index contributed by atoms with van der Waals surface area (Å²) in [4.78, 5) is 12.2. The summed E-state index contributed by atoms with van der Waals surface area (Å²) >= 11 is 6.80. The molecule has 0 atom stereocenters. The van der Waals surface area contributed by atoms with Gasteiger partial charge in [0.25, 0.3) is 5.91 Å². The summed E-state index contributed by atoms with van der Waals surface area (Å²) in [6.45, 7) is 0.330. The molecule has 0 saturated heterocycles. The van der Waals surface area contributed by atoms with Gasteiger partial charge in [-0.1, -0.05) is 34.1 Å². The van der Waals surface area contributed by atoms with Crippen molar-refractivity contribution >= 4 is 44.0 Å². The number of amides is 1. The van der Waals surface area contributed by atoms with Crippen LogP contribution in [0.5, 0.6) is 11.5 Å². The molecule has 0 radical (unpaired) electrons. The Morgan fingerprint density at radius 2 is 1.79 bits per heavy atom. The van der Waals surface area contributed by atoms with Crippen molar-refractivity contribution in [2.24, 2.45) is 5.10 Å². The summed E-state index contributed by atoms with van der Waals surface area (Å²) in [6.07, 6.45) is -3.20. The van der Waals surface area contributed by atoms with E-state index in [0.29, 0.717) is 28.1 Å². The number of carbonyl (C=O) groups is 1. The van der Waals surface area contributed by atoms with Crippen molar-refractivity contribution in [1.29, 1.82) is 0 Å². The van der Waals surface area contributed by atoms with Crippen LogP contribution in [0.3, 0.4) is 0 Å². The van der Waals surface area contributed by atoms with Crippen LogP contribution in [0.1, 0.15) is 27.0 Å². The lowest BCUT2D eigenvalue weighted by atomic mass is 10.1. The number of nitrogens with one attached hydrogen (secondary N) is 1. The molecular weight excluding hydrogens is 569 g/mol. The molecule has 0 saturated carbocycles. The summed E-state index contributed by atoms with van der Waals surface area (Å²) < 4.78 is 51.3. The number of nitrogens with zero attached hydrogens (tertiary/aromatic N) is 1. The van der Waals surface area contributed by atoms with Gasteiger partial charge < -0.3 is 9.47 Å². The van der Waals surface area contributed by atoms with Crippen LogP contribution < -0.4 is 14.9 Å². The quantitative estimate of drug-likeness (QED) is 0.252. The number of hydrogen-bond donors (Lipinski definition) is 1. The van der Waals surface area contributed by atoms with E-state index in [1.165, 1.54) is 19.4 Å². The molecule has 0 bridgehead atoms. The van der Waals surface area contributed by atoms with Crippen molar-refractivity contribution in [2.45, 2.75) is 12.8 Å². The van der Waals surface area contributed by atoms with Crippen molar-refractivity contribution < 1.29 is 27.4 Å². The average molecular weight is 586 g/mol. The molecule has 0 aromatic heterocycles. The molecule has 3 aromatic carbocycles. The van der Waals surface area contributed by atoms with Gasteiger partial charge in [0, 0.05) is 20.1 Å². The van der Waals surface area contributed by atoms with Crippen LogP contribution in [0.15, 0.2) is 74.7 Å². The van der Waals surface area contributed by atoms with Gasteiger partial charge >= 0.3 is 6.18 Å². The fraction of sp³-hybridized carbons (Fsp3) is 0.130. The lowest BCUT2D eigenvalue weighted by Crippen LogP contribution is -2.18. The standard InChI is InChI=1S/C23H17Br2F3N2O3/c1-32-20-10-16(19(25)11-21(20)33-13-14-5-7-18(24)8-6-14)12-29-30-22(31)15-3-2-4-17(9-15)23(26,27)28/h2-12H,13H2,1H3,(H,30,31)/b29-12-. The van der Waals surface area contributed by atoms with Crippen LogP contribution in [-0.2, 0) is 12.8 Å². The number of methoxy groups -OCH3 is 1. The van der Waals surface area contributed by atoms with Crippen LogP contribution in [0.4, 0.5) is 13.2 Å². The third kappa shape index (κ3) is 6.82. The number of carbonyl (C=O) groups excluding carboxylic acids is 1. The summed E-state index contributed by atoms with van der Waals surface area (Å²) in [6, 6.07) is 15.1. The molecular formula is C23H17Br2F3N2O3. The third-order valence-corrected chi connectivity index (χ3v) is 5.63. The molecule has 0 unspecified atom stereocenters. The van der Waals surface area contributed by atoms with E-state index >= 15 is 0 Å². The monoisotopic (exact) mass is 584 g/mol. The first-order chi connectivity index (χ1) is 15.7. The molecule has 5 nitrogen and oxygen atoms in total. The van der Waals surface area contributed by atoms with E-state index in [0.717, 1.165) is 28.2 Å². The highest BCUT2D eigenvalue weighted by molar-refractivity contribution is 9.10. The van der Waals surface area contributed by atoms with E-state index < -0.39 is 17.6 Å². The van der Waals surface area contributed by atoms with Crippen molar-refractivity contribution in [3.8, 4) is 11.5 Å². The van der Waals surface area contributed by atoms with Gasteiger partial charge in [0.05, 0.1) is 18.9 Å². The molecule has 3 aromatic rings. The van der Waals surface area contributed by atoms with E-state index in [9.17, 15) is 18.0 Å². The molecule has 33 heavy (non-hydrogen) atoms. The Kier molecular flexibility index (Phi) is 8.15. The van der Waals surface area contributed by atoms with Gasteiger partial charge in [-0.3, -0.25) is 4.79 Å². The lowest BCUT2D eigenvalue weighted by molar-refractivity contribution is -0.137. The fourth-order valence-corrected chi connectivity index (χ4v) is 3.41. The highest BCUT2D eigenvalue weighted by Crippen LogP contribution is 2.33. The number of benzene rings is 3. The van der Waals surface area contributed by atoms with Gasteiger partial charge in [-0.05, 0) is 64.0 Å². The topological polar surface area (TPSA) is 59.9 Å². The van der Waals surface area contributed by atoms with Crippen LogP contribution in [-0.4, -0.2) is 19.2 Å². The van der Waals surface area contributed by atoms with E-state index in [-0.39, 0.29) is 5.56 Å². The first-order valence-electron chi connectivity index (χ1n) is 9.43. The number of hydrogen-bond acceptors (Lipinski definition) is 4. The maximum atomic E-state index is 12.8. The van der Waals surface area contributed by atoms with Crippen molar-refractivity contribution in [3.63, 3.8) is 0 Å². The van der Waals surface area contributed by atoms with Gasteiger partial charge in [-0.2, -0.15) is 18.3 Å². The first-order valence-corrected chi connectivity index (χ1v) is 11.0. The number of hydrazone groups is 1. The largest absolute Gasteiger partial charge is 0.493 e. The molecule has 0 heterocycles. The smallest absolute Gasteiger partial charge is 0.416 e. The van der Waals surface area contributed by atoms with E-state index in [1.807, 2.05) is 24.3 Å². The Morgan fingerprint density at radius 3 is 2.45 bits per heavy atom.